The van der Waals surface area contributed by atoms with Gasteiger partial charge in [0.25, 0.3) is 11.8 Å². The topological polar surface area (TPSA) is 70.7 Å². The first-order valence-corrected chi connectivity index (χ1v) is 11.5. The molecule has 3 rings (SSSR count). The maximum Gasteiger partial charge on any atom is 0.261 e. The van der Waals surface area contributed by atoms with Crippen molar-refractivity contribution in [2.45, 2.75) is 33.6 Å². The van der Waals surface area contributed by atoms with Crippen LogP contribution in [-0.4, -0.2) is 41.5 Å². The fourth-order valence-corrected chi connectivity index (χ4v) is 3.67. The van der Waals surface area contributed by atoms with Crippen molar-refractivity contribution in [1.29, 1.82) is 0 Å². The second-order valence-corrected chi connectivity index (χ2v) is 9.07. The van der Waals surface area contributed by atoms with Gasteiger partial charge in [0.2, 0.25) is 0 Å². The number of nitrogens with one attached hydrogen (secondary N) is 2. The Morgan fingerprint density at radius 3 is 2.41 bits per heavy atom. The third-order valence-electron chi connectivity index (χ3n) is 5.39. The molecule has 1 fully saturated rings. The minimum atomic E-state index is -0.340. The van der Waals surface area contributed by atoms with E-state index in [1.807, 2.05) is 24.8 Å². The van der Waals surface area contributed by atoms with E-state index in [9.17, 15) is 9.59 Å². The number of nitrogens with zero attached hydrogens (tertiary/aromatic N) is 1. The Morgan fingerprint density at radius 2 is 1.75 bits per heavy atom. The van der Waals surface area contributed by atoms with Crippen LogP contribution in [0.25, 0.3) is 0 Å². The Morgan fingerprint density at radius 1 is 1.09 bits per heavy atom. The molecular weight excluding hydrogens is 422 g/mol. The number of hydrogen-bond acceptors (Lipinski definition) is 4. The van der Waals surface area contributed by atoms with Crippen molar-refractivity contribution in [3.05, 3.63) is 59.7 Å². The average molecular weight is 454 g/mol. The Balaban J connectivity index is 1.56. The molecule has 32 heavy (non-hydrogen) atoms. The van der Waals surface area contributed by atoms with Gasteiger partial charge in [-0.2, -0.15) is 0 Å². The normalized spacial score (nSPS) is 14.2. The summed E-state index contributed by atoms with van der Waals surface area (Å²) in [5.41, 5.74) is 1.77. The molecule has 1 aliphatic rings. The maximum absolute atomic E-state index is 12.7. The number of likely N-dealkylation sites (tertiary alicyclic amines) is 1. The predicted octanol–water partition coefficient (Wildman–Crippen LogP) is 4.72. The van der Waals surface area contributed by atoms with E-state index in [0.29, 0.717) is 41.0 Å². The molecule has 2 N–H and O–H groups in total. The molecule has 0 unspecified atom stereocenters. The molecule has 1 heterocycles. The van der Waals surface area contributed by atoms with Gasteiger partial charge in [-0.1, -0.05) is 32.9 Å². The summed E-state index contributed by atoms with van der Waals surface area (Å²) in [6, 6.07) is 14.2. The van der Waals surface area contributed by atoms with Gasteiger partial charge in [0.15, 0.2) is 5.11 Å². The standard InChI is InChI=1S/C25H31N3O3S/c1-17(2)16-31-22-7-5-4-6-21(22)23(29)27-25(32)26-20-10-8-19(9-11-20)24(30)28-14-12-18(3)13-15-28/h4-11,17-18H,12-16H2,1-3H3,(H2,26,27,29,32). The molecule has 0 aliphatic carbocycles. The highest BCUT2D eigenvalue weighted by Gasteiger charge is 2.21. The van der Waals surface area contributed by atoms with E-state index < -0.39 is 0 Å². The summed E-state index contributed by atoms with van der Waals surface area (Å²) in [5, 5.41) is 5.87. The van der Waals surface area contributed by atoms with E-state index in [1.165, 1.54) is 0 Å². The van der Waals surface area contributed by atoms with Gasteiger partial charge < -0.3 is 15.0 Å². The minimum Gasteiger partial charge on any atom is -0.492 e. The summed E-state index contributed by atoms with van der Waals surface area (Å²) in [6.45, 7) is 8.45. The van der Waals surface area contributed by atoms with E-state index in [-0.39, 0.29) is 16.9 Å². The number of amides is 2. The van der Waals surface area contributed by atoms with Gasteiger partial charge in [-0.15, -0.1) is 0 Å². The molecular formula is C25H31N3O3S. The molecule has 0 atom stereocenters. The number of thiocarbonyl (C=S) groups is 1. The average Bonchev–Trinajstić information content (AvgIpc) is 2.78. The van der Waals surface area contributed by atoms with E-state index >= 15 is 0 Å². The number of para-hydroxylation sites is 1. The van der Waals surface area contributed by atoms with Crippen LogP contribution >= 0.6 is 12.2 Å². The first-order chi connectivity index (χ1) is 15.3. The van der Waals surface area contributed by atoms with Gasteiger partial charge >= 0.3 is 0 Å². The summed E-state index contributed by atoms with van der Waals surface area (Å²) in [4.78, 5) is 27.3. The predicted molar refractivity (Wildman–Crippen MR) is 131 cm³/mol. The van der Waals surface area contributed by atoms with Crippen LogP contribution in [0.5, 0.6) is 5.75 Å². The quantitative estimate of drug-likeness (QED) is 0.620. The molecule has 1 aliphatic heterocycles. The maximum atomic E-state index is 12.7. The van der Waals surface area contributed by atoms with Crippen molar-refractivity contribution < 1.29 is 14.3 Å². The molecule has 0 aromatic heterocycles. The number of piperidine rings is 1. The second-order valence-electron chi connectivity index (χ2n) is 8.66. The van der Waals surface area contributed by atoms with Crippen molar-refractivity contribution in [2.24, 2.45) is 11.8 Å². The van der Waals surface area contributed by atoms with E-state index in [2.05, 4.69) is 17.6 Å². The van der Waals surface area contributed by atoms with Crippen LogP contribution < -0.4 is 15.4 Å². The van der Waals surface area contributed by atoms with Gasteiger partial charge in [0.05, 0.1) is 12.2 Å². The lowest BCUT2D eigenvalue weighted by atomic mass is 9.98. The number of carbonyl (C=O) groups is 2. The zero-order valence-electron chi connectivity index (χ0n) is 18.9. The highest BCUT2D eigenvalue weighted by atomic mass is 32.1. The molecule has 1 saturated heterocycles. The molecule has 7 heteroatoms. The summed E-state index contributed by atoms with van der Waals surface area (Å²) in [7, 11) is 0. The molecule has 0 saturated carbocycles. The lowest BCUT2D eigenvalue weighted by Crippen LogP contribution is -2.37. The number of rotatable bonds is 6. The number of benzene rings is 2. The fourth-order valence-electron chi connectivity index (χ4n) is 3.46. The Bertz CT molecular complexity index is 951. The molecule has 2 amide bonds. The summed E-state index contributed by atoms with van der Waals surface area (Å²) >= 11 is 5.30. The molecule has 2 aromatic rings. The van der Waals surface area contributed by atoms with Gasteiger partial charge in [-0.25, -0.2) is 0 Å². The number of carbonyl (C=O) groups excluding carboxylic acids is 2. The first-order valence-electron chi connectivity index (χ1n) is 11.1. The Kier molecular flexibility index (Phi) is 8.22. The third-order valence-corrected chi connectivity index (χ3v) is 5.60. The first kappa shape index (κ1) is 23.7. The van der Waals surface area contributed by atoms with Gasteiger partial charge in [0.1, 0.15) is 5.75 Å². The van der Waals surface area contributed by atoms with Crippen LogP contribution in [0.1, 0.15) is 54.3 Å². The molecule has 0 spiro atoms. The molecule has 2 aromatic carbocycles. The van der Waals surface area contributed by atoms with Crippen LogP contribution in [0, 0.1) is 11.8 Å². The summed E-state index contributed by atoms with van der Waals surface area (Å²) in [5.74, 6) is 1.26. The Labute approximate surface area is 195 Å². The van der Waals surface area contributed by atoms with Crippen molar-refractivity contribution in [2.75, 3.05) is 25.0 Å². The number of anilines is 1. The van der Waals surface area contributed by atoms with Crippen LogP contribution in [-0.2, 0) is 0 Å². The van der Waals surface area contributed by atoms with Crippen LogP contribution in [0.2, 0.25) is 0 Å². The van der Waals surface area contributed by atoms with Crippen molar-refractivity contribution in [3.8, 4) is 5.75 Å². The van der Waals surface area contributed by atoms with Gasteiger partial charge in [-0.3, -0.25) is 14.9 Å². The Hall–Kier alpha value is -2.93. The largest absolute Gasteiger partial charge is 0.492 e. The molecule has 0 bridgehead atoms. The van der Waals surface area contributed by atoms with Crippen LogP contribution in [0.3, 0.4) is 0 Å². The molecule has 0 radical (unpaired) electrons. The zero-order valence-corrected chi connectivity index (χ0v) is 19.7. The van der Waals surface area contributed by atoms with Gasteiger partial charge in [-0.05, 0) is 73.3 Å². The lowest BCUT2D eigenvalue weighted by Gasteiger charge is -2.30. The van der Waals surface area contributed by atoms with E-state index in [0.717, 1.165) is 25.9 Å². The lowest BCUT2D eigenvalue weighted by molar-refractivity contribution is 0.0697. The van der Waals surface area contributed by atoms with Crippen molar-refractivity contribution >= 4 is 34.8 Å². The van der Waals surface area contributed by atoms with Gasteiger partial charge in [0, 0.05) is 24.3 Å². The zero-order chi connectivity index (χ0) is 23.1. The SMILES string of the molecule is CC(C)COc1ccccc1C(=O)NC(=S)Nc1ccc(C(=O)N2CCC(C)CC2)cc1. The van der Waals surface area contributed by atoms with Crippen molar-refractivity contribution in [3.63, 3.8) is 0 Å². The second kappa shape index (κ2) is 11.1. The fraction of sp³-hybridized carbons (Fsp3) is 0.400. The van der Waals surface area contributed by atoms with E-state index in [4.69, 9.17) is 17.0 Å². The smallest absolute Gasteiger partial charge is 0.261 e. The van der Waals surface area contributed by atoms with E-state index in [1.54, 1.807) is 42.5 Å². The highest BCUT2D eigenvalue weighted by molar-refractivity contribution is 7.80. The van der Waals surface area contributed by atoms with Crippen LogP contribution in [0.15, 0.2) is 48.5 Å². The highest BCUT2D eigenvalue weighted by Crippen LogP contribution is 2.20. The van der Waals surface area contributed by atoms with Crippen LogP contribution in [0.4, 0.5) is 5.69 Å². The summed E-state index contributed by atoms with van der Waals surface area (Å²) in [6.07, 6.45) is 2.09. The third kappa shape index (κ3) is 6.53. The minimum absolute atomic E-state index is 0.0531. The summed E-state index contributed by atoms with van der Waals surface area (Å²) < 4.78 is 5.75. The monoisotopic (exact) mass is 453 g/mol. The number of hydrogen-bond donors (Lipinski definition) is 2. The molecule has 6 nitrogen and oxygen atoms in total. The van der Waals surface area contributed by atoms with Crippen molar-refractivity contribution in [1.82, 2.24) is 10.2 Å². The molecule has 170 valence electrons. The number of ether oxygens (including phenoxy) is 1.